The molecule has 0 radical (unpaired) electrons. The Morgan fingerprint density at radius 1 is 0.933 bits per heavy atom. The largest absolute Gasteiger partial charge is 0.493 e. The monoisotopic (exact) mass is 406 g/mol. The van der Waals surface area contributed by atoms with Gasteiger partial charge in [-0.05, 0) is 36.4 Å². The molecular weight excluding hydrogens is 384 g/mol. The first kappa shape index (κ1) is 18.4. The predicted octanol–water partition coefficient (Wildman–Crippen LogP) is 4.55. The summed E-state index contributed by atoms with van der Waals surface area (Å²) in [4.78, 5) is 0. The number of hydrogen-bond donors (Lipinski definition) is 0. The van der Waals surface area contributed by atoms with Gasteiger partial charge < -0.3 is 23.4 Å². The van der Waals surface area contributed by atoms with Crippen LogP contribution in [0.4, 0.5) is 0 Å². The van der Waals surface area contributed by atoms with Crippen LogP contribution in [0.3, 0.4) is 0 Å². The Labute approximate surface area is 174 Å². The third-order valence-corrected chi connectivity index (χ3v) is 5.50. The zero-order chi connectivity index (χ0) is 20.7. The van der Waals surface area contributed by atoms with E-state index >= 15 is 0 Å². The minimum Gasteiger partial charge on any atom is -0.493 e. The number of benzene rings is 2. The molecule has 0 saturated heterocycles. The molecule has 2 aliphatic rings. The van der Waals surface area contributed by atoms with Crippen molar-refractivity contribution in [2.75, 3.05) is 21.3 Å². The molecule has 3 aromatic rings. The van der Waals surface area contributed by atoms with Gasteiger partial charge in [-0.3, -0.25) is 0 Å². The molecule has 0 saturated carbocycles. The van der Waals surface area contributed by atoms with Crippen molar-refractivity contribution < 1.29 is 23.4 Å². The lowest BCUT2D eigenvalue weighted by Crippen LogP contribution is -2.33. The summed E-state index contributed by atoms with van der Waals surface area (Å²) in [6, 6.07) is 15.5. The van der Waals surface area contributed by atoms with E-state index in [2.05, 4.69) is 6.07 Å². The van der Waals surface area contributed by atoms with Gasteiger partial charge in [-0.2, -0.15) is 5.10 Å². The molecule has 2 aromatic carbocycles. The molecule has 2 aliphatic heterocycles. The SMILES string of the molecule is COc1ccc(C2Oc3c(OC)cccc3C3CC(c4ccco4)=NN32)cc1OC. The number of fused-ring (bicyclic) bond motifs is 3. The van der Waals surface area contributed by atoms with Crippen molar-refractivity contribution in [1.82, 2.24) is 5.01 Å². The van der Waals surface area contributed by atoms with Gasteiger partial charge in [0.05, 0.1) is 33.6 Å². The van der Waals surface area contributed by atoms with E-state index in [0.29, 0.717) is 23.7 Å². The van der Waals surface area contributed by atoms with Crippen LogP contribution in [0.15, 0.2) is 64.3 Å². The molecular formula is C23H22N2O5. The zero-order valence-electron chi connectivity index (χ0n) is 17.0. The molecule has 3 heterocycles. The van der Waals surface area contributed by atoms with E-state index in [9.17, 15) is 0 Å². The Hall–Kier alpha value is -3.61. The van der Waals surface area contributed by atoms with Crippen LogP contribution in [0, 0.1) is 0 Å². The maximum atomic E-state index is 6.46. The lowest BCUT2D eigenvalue weighted by atomic mass is 9.97. The van der Waals surface area contributed by atoms with Gasteiger partial charge in [0, 0.05) is 17.5 Å². The molecule has 7 nitrogen and oxygen atoms in total. The van der Waals surface area contributed by atoms with E-state index in [1.807, 2.05) is 47.5 Å². The Kier molecular flexibility index (Phi) is 4.50. The summed E-state index contributed by atoms with van der Waals surface area (Å²) in [6.45, 7) is 0. The Morgan fingerprint density at radius 3 is 2.50 bits per heavy atom. The van der Waals surface area contributed by atoms with Crippen LogP contribution in [-0.2, 0) is 0 Å². The van der Waals surface area contributed by atoms with Crippen LogP contribution in [0.2, 0.25) is 0 Å². The highest BCUT2D eigenvalue weighted by Gasteiger charge is 2.42. The second kappa shape index (κ2) is 7.33. The van der Waals surface area contributed by atoms with Gasteiger partial charge in [0.25, 0.3) is 0 Å². The van der Waals surface area contributed by atoms with Gasteiger partial charge in [0.15, 0.2) is 23.0 Å². The van der Waals surface area contributed by atoms with E-state index in [1.165, 1.54) is 0 Å². The summed E-state index contributed by atoms with van der Waals surface area (Å²) in [5, 5.41) is 6.87. The molecule has 0 amide bonds. The van der Waals surface area contributed by atoms with Crippen LogP contribution < -0.4 is 18.9 Å². The second-order valence-corrected chi connectivity index (χ2v) is 7.09. The highest BCUT2D eigenvalue weighted by atomic mass is 16.5. The molecule has 0 bridgehead atoms. The molecule has 0 fully saturated rings. The molecule has 2 unspecified atom stereocenters. The van der Waals surface area contributed by atoms with Crippen LogP contribution in [-0.4, -0.2) is 32.0 Å². The van der Waals surface area contributed by atoms with Crippen molar-refractivity contribution in [2.24, 2.45) is 5.10 Å². The Morgan fingerprint density at radius 2 is 1.77 bits per heavy atom. The second-order valence-electron chi connectivity index (χ2n) is 7.09. The van der Waals surface area contributed by atoms with Crippen molar-refractivity contribution in [3.05, 3.63) is 71.7 Å². The lowest BCUT2D eigenvalue weighted by molar-refractivity contribution is -0.0210. The fourth-order valence-corrected chi connectivity index (χ4v) is 4.06. The topological polar surface area (TPSA) is 65.7 Å². The molecule has 154 valence electrons. The number of ether oxygens (including phenoxy) is 4. The highest BCUT2D eigenvalue weighted by molar-refractivity contribution is 5.99. The van der Waals surface area contributed by atoms with Gasteiger partial charge in [-0.15, -0.1) is 0 Å². The fraction of sp³-hybridized carbons (Fsp3) is 0.261. The van der Waals surface area contributed by atoms with Crippen molar-refractivity contribution in [3.8, 4) is 23.0 Å². The first-order valence-corrected chi connectivity index (χ1v) is 9.68. The lowest BCUT2D eigenvalue weighted by Gasteiger charge is -2.38. The number of hydrogen-bond acceptors (Lipinski definition) is 7. The normalized spacial score (nSPS) is 19.4. The molecule has 0 aliphatic carbocycles. The summed E-state index contributed by atoms with van der Waals surface area (Å²) < 4.78 is 28.5. The van der Waals surface area contributed by atoms with Crippen LogP contribution in [0.1, 0.15) is 35.6 Å². The smallest absolute Gasteiger partial charge is 0.214 e. The van der Waals surface area contributed by atoms with E-state index < -0.39 is 6.23 Å². The van der Waals surface area contributed by atoms with Gasteiger partial charge in [0.2, 0.25) is 6.23 Å². The number of methoxy groups -OCH3 is 3. The number of nitrogens with zero attached hydrogens (tertiary/aromatic N) is 2. The predicted molar refractivity (Wildman–Crippen MR) is 110 cm³/mol. The molecule has 30 heavy (non-hydrogen) atoms. The van der Waals surface area contributed by atoms with Crippen LogP contribution >= 0.6 is 0 Å². The highest BCUT2D eigenvalue weighted by Crippen LogP contribution is 2.51. The van der Waals surface area contributed by atoms with Crippen molar-refractivity contribution in [2.45, 2.75) is 18.7 Å². The summed E-state index contributed by atoms with van der Waals surface area (Å²) in [5.41, 5.74) is 2.82. The maximum Gasteiger partial charge on any atom is 0.214 e. The van der Waals surface area contributed by atoms with E-state index in [4.69, 9.17) is 28.5 Å². The summed E-state index contributed by atoms with van der Waals surface area (Å²) in [5.74, 6) is 3.49. The maximum absolute atomic E-state index is 6.46. The molecule has 0 spiro atoms. The quantitative estimate of drug-likeness (QED) is 0.619. The Bertz CT molecular complexity index is 1090. The molecule has 1 aromatic heterocycles. The summed E-state index contributed by atoms with van der Waals surface area (Å²) >= 11 is 0. The molecule has 2 atom stereocenters. The number of para-hydroxylation sites is 1. The van der Waals surface area contributed by atoms with Crippen LogP contribution in [0.5, 0.6) is 23.0 Å². The first-order chi connectivity index (χ1) is 14.7. The van der Waals surface area contributed by atoms with Gasteiger partial charge in [0.1, 0.15) is 11.5 Å². The molecule has 5 rings (SSSR count). The van der Waals surface area contributed by atoms with Crippen molar-refractivity contribution in [1.29, 1.82) is 0 Å². The third kappa shape index (κ3) is 2.85. The minimum absolute atomic E-state index is 0.00189. The summed E-state index contributed by atoms with van der Waals surface area (Å²) in [6.07, 6.45) is 1.92. The van der Waals surface area contributed by atoms with Gasteiger partial charge >= 0.3 is 0 Å². The van der Waals surface area contributed by atoms with Crippen LogP contribution in [0.25, 0.3) is 0 Å². The van der Waals surface area contributed by atoms with Crippen molar-refractivity contribution in [3.63, 3.8) is 0 Å². The molecule has 0 N–H and O–H groups in total. The average Bonchev–Trinajstić information content (AvgIpc) is 3.47. The number of rotatable bonds is 5. The standard InChI is InChI=1S/C23H22N2O5/c1-26-19-10-9-14(12-21(19)28-3)23-25-17(13-16(24-25)18-8-5-11-29-18)15-6-4-7-20(27-2)22(15)30-23/h4-12,17,23H,13H2,1-3H3. The first-order valence-electron chi connectivity index (χ1n) is 9.68. The summed E-state index contributed by atoms with van der Waals surface area (Å²) in [7, 11) is 4.88. The number of furan rings is 1. The third-order valence-electron chi connectivity index (χ3n) is 5.50. The van der Waals surface area contributed by atoms with E-state index in [0.717, 1.165) is 28.3 Å². The van der Waals surface area contributed by atoms with Crippen molar-refractivity contribution >= 4 is 5.71 Å². The zero-order valence-corrected chi connectivity index (χ0v) is 17.0. The number of hydrazone groups is 1. The average molecular weight is 406 g/mol. The molecule has 7 heteroatoms. The fourth-order valence-electron chi connectivity index (χ4n) is 4.06. The van der Waals surface area contributed by atoms with Gasteiger partial charge in [-0.1, -0.05) is 12.1 Å². The van der Waals surface area contributed by atoms with Gasteiger partial charge in [-0.25, -0.2) is 5.01 Å². The Balaban J connectivity index is 1.62. The minimum atomic E-state index is -0.453. The van der Waals surface area contributed by atoms with E-state index in [-0.39, 0.29) is 6.04 Å². The van der Waals surface area contributed by atoms with E-state index in [1.54, 1.807) is 27.6 Å².